The average molecular weight is 264 g/mol. The summed E-state index contributed by atoms with van der Waals surface area (Å²) in [6, 6.07) is 3.38. The SMILES string of the molecule is CCNc1nccc(C(=O)N(C)CC(C)C#N)c1F. The average Bonchev–Trinajstić information content (AvgIpc) is 2.40. The molecule has 1 amide bonds. The van der Waals surface area contributed by atoms with Gasteiger partial charge in [0.25, 0.3) is 5.91 Å². The molecule has 1 heterocycles. The van der Waals surface area contributed by atoms with E-state index in [2.05, 4.69) is 10.3 Å². The highest BCUT2D eigenvalue weighted by Gasteiger charge is 2.20. The highest BCUT2D eigenvalue weighted by molar-refractivity contribution is 5.95. The number of pyridine rings is 1. The number of nitrogens with zero attached hydrogens (tertiary/aromatic N) is 3. The zero-order valence-corrected chi connectivity index (χ0v) is 11.3. The van der Waals surface area contributed by atoms with E-state index in [1.165, 1.54) is 17.2 Å². The molecule has 0 spiro atoms. The molecule has 0 saturated carbocycles. The minimum absolute atomic E-state index is 0.0430. The predicted octanol–water partition coefficient (Wildman–Crippen LogP) is 1.88. The van der Waals surface area contributed by atoms with Crippen LogP contribution in [-0.4, -0.2) is 35.9 Å². The van der Waals surface area contributed by atoms with Gasteiger partial charge in [0.1, 0.15) is 0 Å². The topological polar surface area (TPSA) is 69.0 Å². The van der Waals surface area contributed by atoms with Crippen LogP contribution in [0.2, 0.25) is 0 Å². The van der Waals surface area contributed by atoms with E-state index in [-0.39, 0.29) is 23.8 Å². The summed E-state index contributed by atoms with van der Waals surface area (Å²) in [6.07, 6.45) is 1.38. The van der Waals surface area contributed by atoms with Crippen molar-refractivity contribution >= 4 is 11.7 Å². The van der Waals surface area contributed by atoms with Crippen LogP contribution in [0, 0.1) is 23.1 Å². The van der Waals surface area contributed by atoms with Crippen molar-refractivity contribution in [2.45, 2.75) is 13.8 Å². The van der Waals surface area contributed by atoms with Crippen molar-refractivity contribution in [2.24, 2.45) is 5.92 Å². The van der Waals surface area contributed by atoms with Crippen LogP contribution in [0.5, 0.6) is 0 Å². The number of nitriles is 1. The fourth-order valence-corrected chi connectivity index (χ4v) is 1.64. The lowest BCUT2D eigenvalue weighted by Gasteiger charge is -2.19. The number of rotatable bonds is 5. The largest absolute Gasteiger partial charge is 0.368 e. The van der Waals surface area contributed by atoms with Crippen LogP contribution >= 0.6 is 0 Å². The molecule has 19 heavy (non-hydrogen) atoms. The molecule has 1 N–H and O–H groups in total. The van der Waals surface area contributed by atoms with Gasteiger partial charge >= 0.3 is 0 Å². The number of amides is 1. The summed E-state index contributed by atoms with van der Waals surface area (Å²) in [6.45, 7) is 4.30. The van der Waals surface area contributed by atoms with E-state index < -0.39 is 11.7 Å². The summed E-state index contributed by atoms with van der Waals surface area (Å²) >= 11 is 0. The van der Waals surface area contributed by atoms with Gasteiger partial charge < -0.3 is 10.2 Å². The van der Waals surface area contributed by atoms with E-state index in [1.807, 2.05) is 13.0 Å². The van der Waals surface area contributed by atoms with Crippen LogP contribution in [0.25, 0.3) is 0 Å². The van der Waals surface area contributed by atoms with Crippen molar-refractivity contribution in [3.63, 3.8) is 0 Å². The van der Waals surface area contributed by atoms with Crippen LogP contribution in [-0.2, 0) is 0 Å². The number of aromatic nitrogens is 1. The molecule has 102 valence electrons. The summed E-state index contributed by atoms with van der Waals surface area (Å²) in [5.74, 6) is -1.35. The quantitative estimate of drug-likeness (QED) is 0.881. The monoisotopic (exact) mass is 264 g/mol. The second kappa shape index (κ2) is 6.69. The molecule has 6 heteroatoms. The molecule has 1 atom stereocenters. The number of halogens is 1. The van der Waals surface area contributed by atoms with Gasteiger partial charge in [-0.25, -0.2) is 9.37 Å². The number of carbonyl (C=O) groups is 1. The van der Waals surface area contributed by atoms with Crippen LogP contribution in [0.15, 0.2) is 12.3 Å². The van der Waals surface area contributed by atoms with Gasteiger partial charge in [-0.15, -0.1) is 0 Å². The third kappa shape index (κ3) is 3.65. The van der Waals surface area contributed by atoms with Gasteiger partial charge in [-0.1, -0.05) is 0 Å². The molecule has 0 aliphatic carbocycles. The Morgan fingerprint density at radius 1 is 1.68 bits per heavy atom. The fraction of sp³-hybridized carbons (Fsp3) is 0.462. The Balaban J connectivity index is 2.94. The second-order valence-corrected chi connectivity index (χ2v) is 4.27. The van der Waals surface area contributed by atoms with Crippen LogP contribution in [0.4, 0.5) is 10.2 Å². The molecule has 0 fully saturated rings. The van der Waals surface area contributed by atoms with Crippen molar-refractivity contribution in [1.29, 1.82) is 5.26 Å². The van der Waals surface area contributed by atoms with Crippen LogP contribution < -0.4 is 5.32 Å². The van der Waals surface area contributed by atoms with Gasteiger partial charge in [0.05, 0.1) is 17.6 Å². The molecule has 5 nitrogen and oxygen atoms in total. The smallest absolute Gasteiger partial charge is 0.256 e. The first-order valence-electron chi connectivity index (χ1n) is 6.04. The summed E-state index contributed by atoms with van der Waals surface area (Å²) in [5, 5.41) is 11.5. The third-order valence-corrected chi connectivity index (χ3v) is 2.58. The van der Waals surface area contributed by atoms with E-state index in [0.29, 0.717) is 6.54 Å². The van der Waals surface area contributed by atoms with Crippen molar-refractivity contribution < 1.29 is 9.18 Å². The van der Waals surface area contributed by atoms with Crippen LogP contribution in [0.3, 0.4) is 0 Å². The minimum atomic E-state index is -0.661. The lowest BCUT2D eigenvalue weighted by Crippen LogP contribution is -2.31. The summed E-state index contributed by atoms with van der Waals surface area (Å²) < 4.78 is 14.1. The molecule has 0 saturated heterocycles. The maximum Gasteiger partial charge on any atom is 0.256 e. The van der Waals surface area contributed by atoms with Gasteiger partial charge in [-0.3, -0.25) is 4.79 Å². The molecule has 1 aromatic rings. The van der Waals surface area contributed by atoms with Gasteiger partial charge in [0, 0.05) is 26.3 Å². The number of nitrogens with one attached hydrogen (secondary N) is 1. The highest BCUT2D eigenvalue weighted by Crippen LogP contribution is 2.16. The molecule has 0 radical (unpaired) electrons. The van der Waals surface area contributed by atoms with Gasteiger partial charge in [0.2, 0.25) is 0 Å². The highest BCUT2D eigenvalue weighted by atomic mass is 19.1. The van der Waals surface area contributed by atoms with E-state index in [9.17, 15) is 9.18 Å². The Morgan fingerprint density at radius 2 is 2.37 bits per heavy atom. The molecule has 0 aromatic carbocycles. The lowest BCUT2D eigenvalue weighted by molar-refractivity contribution is 0.0780. The molecule has 0 aliphatic heterocycles. The Labute approximate surface area is 112 Å². The van der Waals surface area contributed by atoms with Gasteiger partial charge in [0.15, 0.2) is 11.6 Å². The number of carbonyl (C=O) groups excluding carboxylic acids is 1. The number of hydrogen-bond acceptors (Lipinski definition) is 4. The molecule has 0 bridgehead atoms. The normalized spacial score (nSPS) is 11.5. The number of anilines is 1. The summed E-state index contributed by atoms with van der Waals surface area (Å²) in [7, 11) is 1.54. The summed E-state index contributed by atoms with van der Waals surface area (Å²) in [5.41, 5.74) is -0.0430. The van der Waals surface area contributed by atoms with E-state index in [4.69, 9.17) is 5.26 Å². The standard InChI is InChI=1S/C13H17FN4O/c1-4-16-12-11(14)10(5-6-17-12)13(19)18(3)8-9(2)7-15/h5-6,9H,4,8H2,1-3H3,(H,16,17). The first-order valence-corrected chi connectivity index (χ1v) is 6.04. The zero-order chi connectivity index (χ0) is 14.4. The maximum atomic E-state index is 14.1. The van der Waals surface area contributed by atoms with Crippen LogP contribution in [0.1, 0.15) is 24.2 Å². The zero-order valence-electron chi connectivity index (χ0n) is 11.3. The Hall–Kier alpha value is -2.16. The maximum absolute atomic E-state index is 14.1. The molecular formula is C13H17FN4O. The molecule has 1 aromatic heterocycles. The van der Waals surface area contributed by atoms with Crippen molar-refractivity contribution in [1.82, 2.24) is 9.88 Å². The second-order valence-electron chi connectivity index (χ2n) is 4.27. The van der Waals surface area contributed by atoms with E-state index in [0.717, 1.165) is 0 Å². The third-order valence-electron chi connectivity index (χ3n) is 2.58. The predicted molar refractivity (Wildman–Crippen MR) is 70.1 cm³/mol. The Morgan fingerprint density at radius 3 is 2.95 bits per heavy atom. The first kappa shape index (κ1) is 14.9. The Kier molecular flexibility index (Phi) is 5.24. The summed E-state index contributed by atoms with van der Waals surface area (Å²) in [4.78, 5) is 17.3. The van der Waals surface area contributed by atoms with Crippen molar-refractivity contribution in [3.05, 3.63) is 23.6 Å². The van der Waals surface area contributed by atoms with Crippen molar-refractivity contribution in [2.75, 3.05) is 25.5 Å². The van der Waals surface area contributed by atoms with E-state index in [1.54, 1.807) is 14.0 Å². The van der Waals surface area contributed by atoms with Crippen molar-refractivity contribution in [3.8, 4) is 6.07 Å². The molecule has 1 unspecified atom stereocenters. The van der Waals surface area contributed by atoms with Gasteiger partial charge in [-0.2, -0.15) is 5.26 Å². The number of hydrogen-bond donors (Lipinski definition) is 1. The first-order chi connectivity index (χ1) is 9.01. The fourth-order valence-electron chi connectivity index (χ4n) is 1.64. The molecule has 1 rings (SSSR count). The van der Waals surface area contributed by atoms with E-state index >= 15 is 0 Å². The van der Waals surface area contributed by atoms with Gasteiger partial charge in [-0.05, 0) is 19.9 Å². The lowest BCUT2D eigenvalue weighted by atomic mass is 10.1. The molecular weight excluding hydrogens is 247 g/mol. The Bertz CT molecular complexity index is 498. The minimum Gasteiger partial charge on any atom is -0.368 e. The molecule has 0 aliphatic rings.